The van der Waals surface area contributed by atoms with E-state index in [0.29, 0.717) is 17.9 Å². The van der Waals surface area contributed by atoms with Crippen LogP contribution in [0.15, 0.2) is 18.2 Å². The van der Waals surface area contributed by atoms with Crippen LogP contribution in [-0.4, -0.2) is 57.5 Å². The van der Waals surface area contributed by atoms with Crippen molar-refractivity contribution in [1.82, 2.24) is 0 Å². The number of aliphatic hydroxyl groups excluding tert-OH is 2. The zero-order chi connectivity index (χ0) is 17.4. The molecule has 132 valence electrons. The van der Waals surface area contributed by atoms with Gasteiger partial charge in [-0.05, 0) is 30.5 Å². The predicted octanol–water partition coefficient (Wildman–Crippen LogP) is 1.79. The van der Waals surface area contributed by atoms with Crippen LogP contribution in [-0.2, 0) is 9.47 Å². The van der Waals surface area contributed by atoms with Gasteiger partial charge in [0.05, 0.1) is 33.0 Å². The highest BCUT2D eigenvalue weighted by Gasteiger charge is 2.28. The summed E-state index contributed by atoms with van der Waals surface area (Å²) in [5.74, 6) is 1.38. The number of hydrogen-bond acceptors (Lipinski definition) is 6. The molecule has 23 heavy (non-hydrogen) atoms. The maximum absolute atomic E-state index is 10.2. The third kappa shape index (κ3) is 5.07. The van der Waals surface area contributed by atoms with Crippen LogP contribution < -0.4 is 9.47 Å². The Morgan fingerprint density at radius 1 is 1.04 bits per heavy atom. The fourth-order valence-corrected chi connectivity index (χ4v) is 2.74. The molecule has 0 spiro atoms. The first-order chi connectivity index (χ1) is 11.0. The van der Waals surface area contributed by atoms with Crippen molar-refractivity contribution >= 4 is 0 Å². The first kappa shape index (κ1) is 19.7. The van der Waals surface area contributed by atoms with E-state index in [1.54, 1.807) is 21.3 Å². The predicted molar refractivity (Wildman–Crippen MR) is 87.0 cm³/mol. The molecule has 4 atom stereocenters. The van der Waals surface area contributed by atoms with Gasteiger partial charge in [0.15, 0.2) is 0 Å². The second-order valence-corrected chi connectivity index (χ2v) is 5.50. The van der Waals surface area contributed by atoms with Crippen LogP contribution in [0.4, 0.5) is 0 Å². The summed E-state index contributed by atoms with van der Waals surface area (Å²) in [5.41, 5.74) is 0.854. The normalized spacial score (nSPS) is 16.5. The van der Waals surface area contributed by atoms with Crippen LogP contribution in [0.2, 0.25) is 0 Å². The Morgan fingerprint density at radius 2 is 1.74 bits per heavy atom. The molecule has 0 saturated carbocycles. The lowest BCUT2D eigenvalue weighted by Crippen LogP contribution is -2.34. The molecule has 0 bridgehead atoms. The summed E-state index contributed by atoms with van der Waals surface area (Å²) in [7, 11) is 6.29. The summed E-state index contributed by atoms with van der Waals surface area (Å²) in [4.78, 5) is 0. The molecule has 0 aromatic heterocycles. The lowest BCUT2D eigenvalue weighted by molar-refractivity contribution is -0.0598. The molecule has 0 aliphatic heterocycles. The fourth-order valence-electron chi connectivity index (χ4n) is 2.74. The van der Waals surface area contributed by atoms with Gasteiger partial charge in [-0.1, -0.05) is 6.92 Å². The molecule has 1 rings (SSSR count). The van der Waals surface area contributed by atoms with E-state index in [-0.39, 0.29) is 18.6 Å². The molecule has 0 radical (unpaired) electrons. The third-order valence-electron chi connectivity index (χ3n) is 4.04. The molecule has 1 aromatic carbocycles. The molecule has 2 N–H and O–H groups in total. The van der Waals surface area contributed by atoms with Gasteiger partial charge < -0.3 is 29.2 Å². The monoisotopic (exact) mass is 328 g/mol. The zero-order valence-electron chi connectivity index (χ0n) is 14.5. The number of rotatable bonds is 10. The molecule has 6 nitrogen and oxygen atoms in total. The number of benzene rings is 1. The van der Waals surface area contributed by atoms with Crippen molar-refractivity contribution in [1.29, 1.82) is 0 Å². The third-order valence-corrected chi connectivity index (χ3v) is 4.04. The maximum Gasteiger partial charge on any atom is 0.124 e. The van der Waals surface area contributed by atoms with Crippen LogP contribution in [0.25, 0.3) is 0 Å². The molecule has 6 heteroatoms. The number of ether oxygens (including phenoxy) is 4. The number of hydrogen-bond donors (Lipinski definition) is 2. The van der Waals surface area contributed by atoms with Crippen LogP contribution in [0.1, 0.15) is 25.0 Å². The van der Waals surface area contributed by atoms with Crippen molar-refractivity contribution in [2.75, 3.05) is 35.0 Å². The Hall–Kier alpha value is -1.34. The highest BCUT2D eigenvalue weighted by Crippen LogP contribution is 2.37. The van der Waals surface area contributed by atoms with Crippen molar-refractivity contribution in [3.05, 3.63) is 23.8 Å². The molecule has 0 fully saturated rings. The van der Waals surface area contributed by atoms with Crippen molar-refractivity contribution in [3.8, 4) is 11.5 Å². The largest absolute Gasteiger partial charge is 0.497 e. The van der Waals surface area contributed by atoms with E-state index in [9.17, 15) is 10.2 Å². The zero-order valence-corrected chi connectivity index (χ0v) is 14.5. The van der Waals surface area contributed by atoms with Crippen molar-refractivity contribution < 1.29 is 29.2 Å². The van der Waals surface area contributed by atoms with E-state index < -0.39 is 12.2 Å². The van der Waals surface area contributed by atoms with Gasteiger partial charge in [-0.2, -0.15) is 0 Å². The minimum Gasteiger partial charge on any atom is -0.497 e. The number of aliphatic hydroxyl groups is 2. The van der Waals surface area contributed by atoms with Gasteiger partial charge in [-0.3, -0.25) is 0 Å². The Bertz CT molecular complexity index is 460. The minimum absolute atomic E-state index is 0.0276. The van der Waals surface area contributed by atoms with E-state index in [0.717, 1.165) is 5.56 Å². The van der Waals surface area contributed by atoms with Gasteiger partial charge in [0, 0.05) is 19.8 Å². The quantitative estimate of drug-likeness (QED) is 0.682. The Morgan fingerprint density at radius 3 is 2.22 bits per heavy atom. The molecule has 0 saturated heterocycles. The van der Waals surface area contributed by atoms with Crippen molar-refractivity contribution in [2.45, 2.75) is 31.7 Å². The Kier molecular flexibility index (Phi) is 8.33. The van der Waals surface area contributed by atoms with Gasteiger partial charge in [-0.25, -0.2) is 0 Å². The average molecular weight is 328 g/mol. The minimum atomic E-state index is -0.783. The first-order valence-corrected chi connectivity index (χ1v) is 7.58. The van der Waals surface area contributed by atoms with E-state index in [1.807, 2.05) is 25.1 Å². The molecule has 1 aromatic rings. The van der Waals surface area contributed by atoms with Gasteiger partial charge in [0.25, 0.3) is 0 Å². The standard InChI is InChI=1S/C17H28O6/c1-11(8-14(19)16(10-18)22-4)17(23-5)13-9-12(20-2)6-7-15(13)21-3/h6-7,9,11,14,16-19H,8,10H2,1-5H3/t11-,14-,16-,17+/m0/s1. The Labute approximate surface area is 137 Å². The lowest BCUT2D eigenvalue weighted by atomic mass is 9.90. The molecular weight excluding hydrogens is 300 g/mol. The maximum atomic E-state index is 10.2. The molecular formula is C17H28O6. The van der Waals surface area contributed by atoms with E-state index in [4.69, 9.17) is 18.9 Å². The first-order valence-electron chi connectivity index (χ1n) is 7.58. The second-order valence-electron chi connectivity index (χ2n) is 5.50. The van der Waals surface area contributed by atoms with Crippen molar-refractivity contribution in [2.24, 2.45) is 5.92 Å². The molecule has 0 heterocycles. The van der Waals surface area contributed by atoms with Crippen LogP contribution in [0.5, 0.6) is 11.5 Å². The summed E-state index contributed by atoms with van der Waals surface area (Å²) in [6.45, 7) is 1.74. The smallest absolute Gasteiger partial charge is 0.124 e. The molecule has 0 unspecified atom stereocenters. The molecule has 0 amide bonds. The van der Waals surface area contributed by atoms with E-state index in [1.165, 1.54) is 7.11 Å². The lowest BCUT2D eigenvalue weighted by Gasteiger charge is -2.28. The number of methoxy groups -OCH3 is 4. The van der Waals surface area contributed by atoms with Crippen LogP contribution >= 0.6 is 0 Å². The summed E-state index contributed by atoms with van der Waals surface area (Å²) >= 11 is 0. The van der Waals surface area contributed by atoms with Gasteiger partial charge in [0.1, 0.15) is 17.6 Å². The van der Waals surface area contributed by atoms with Gasteiger partial charge in [0.2, 0.25) is 0 Å². The average Bonchev–Trinajstić information content (AvgIpc) is 2.56. The Balaban J connectivity index is 2.98. The van der Waals surface area contributed by atoms with E-state index in [2.05, 4.69) is 0 Å². The van der Waals surface area contributed by atoms with Crippen LogP contribution in [0.3, 0.4) is 0 Å². The van der Waals surface area contributed by atoms with Crippen LogP contribution in [0, 0.1) is 5.92 Å². The van der Waals surface area contributed by atoms with Gasteiger partial charge in [-0.15, -0.1) is 0 Å². The van der Waals surface area contributed by atoms with Gasteiger partial charge >= 0.3 is 0 Å². The molecule has 0 aliphatic carbocycles. The summed E-state index contributed by atoms with van der Waals surface area (Å²) in [5, 5.41) is 19.4. The summed E-state index contributed by atoms with van der Waals surface area (Å²) in [6, 6.07) is 5.52. The van der Waals surface area contributed by atoms with Crippen molar-refractivity contribution in [3.63, 3.8) is 0 Å². The summed E-state index contributed by atoms with van der Waals surface area (Å²) < 4.78 is 21.4. The highest BCUT2D eigenvalue weighted by atomic mass is 16.5. The SMILES string of the molecule is COc1ccc(OC)c([C@H](OC)[C@@H](C)C[C@H](O)[C@H](CO)OC)c1. The molecule has 0 aliphatic rings. The summed E-state index contributed by atoms with van der Waals surface area (Å²) in [6.07, 6.45) is -1.26. The second kappa shape index (κ2) is 9.72. The topological polar surface area (TPSA) is 77.4 Å². The van der Waals surface area contributed by atoms with E-state index >= 15 is 0 Å². The highest BCUT2D eigenvalue weighted by molar-refractivity contribution is 5.42. The fraction of sp³-hybridized carbons (Fsp3) is 0.647.